The Labute approximate surface area is 94.2 Å². The van der Waals surface area contributed by atoms with Crippen molar-refractivity contribution in [1.82, 2.24) is 4.37 Å². The number of hydrogen-bond acceptors (Lipinski definition) is 4. The highest BCUT2D eigenvalue weighted by Gasteiger charge is 2.39. The summed E-state index contributed by atoms with van der Waals surface area (Å²) in [6, 6.07) is 0.683. The molecule has 1 heterocycles. The molecule has 0 aromatic carbocycles. The van der Waals surface area contributed by atoms with Gasteiger partial charge in [0.15, 0.2) is 0 Å². The first-order valence-corrected chi connectivity index (χ1v) is 6.49. The molecule has 1 aromatic heterocycles. The summed E-state index contributed by atoms with van der Waals surface area (Å²) >= 11 is 1.50. The van der Waals surface area contributed by atoms with E-state index in [0.29, 0.717) is 11.9 Å². The molecule has 0 saturated heterocycles. The zero-order valence-corrected chi connectivity index (χ0v) is 9.81. The maximum Gasteiger partial charge on any atom is 0.142 e. The van der Waals surface area contributed by atoms with Gasteiger partial charge in [-0.25, -0.2) is 0 Å². The molecule has 0 radical (unpaired) electrons. The molecule has 0 amide bonds. The molecular weight excluding hydrogens is 206 g/mol. The van der Waals surface area contributed by atoms with E-state index >= 15 is 0 Å². The summed E-state index contributed by atoms with van der Waals surface area (Å²) in [5, 5.41) is 4.82. The number of hydrogen-bond donors (Lipinski definition) is 2. The van der Waals surface area contributed by atoms with Crippen molar-refractivity contribution in [3.8, 4) is 0 Å². The summed E-state index contributed by atoms with van der Waals surface area (Å²) < 4.78 is 4.18. The van der Waals surface area contributed by atoms with Gasteiger partial charge in [0.25, 0.3) is 0 Å². The largest absolute Gasteiger partial charge is 0.383 e. The highest BCUT2D eigenvalue weighted by atomic mass is 32.1. The van der Waals surface area contributed by atoms with Crippen LogP contribution in [0.3, 0.4) is 0 Å². The van der Waals surface area contributed by atoms with Crippen LogP contribution in [-0.2, 0) is 0 Å². The molecule has 3 N–H and O–H groups in total. The number of anilines is 2. The molecule has 1 aromatic rings. The van der Waals surface area contributed by atoms with Crippen molar-refractivity contribution in [2.24, 2.45) is 11.8 Å². The first kappa shape index (κ1) is 9.46. The van der Waals surface area contributed by atoms with Crippen molar-refractivity contribution in [1.29, 1.82) is 0 Å². The van der Waals surface area contributed by atoms with Crippen molar-refractivity contribution in [3.63, 3.8) is 0 Å². The lowest BCUT2D eigenvalue weighted by molar-refractivity contribution is 0.440. The summed E-state index contributed by atoms with van der Waals surface area (Å²) in [4.78, 5) is 0. The van der Waals surface area contributed by atoms with Gasteiger partial charge in [-0.05, 0) is 49.6 Å². The number of nitrogens with two attached hydrogens (primary N) is 1. The number of nitrogens with one attached hydrogen (secondary N) is 1. The van der Waals surface area contributed by atoms with E-state index in [1.165, 1.54) is 42.2 Å². The summed E-state index contributed by atoms with van der Waals surface area (Å²) in [5.41, 5.74) is 6.88. The van der Waals surface area contributed by atoms with E-state index in [9.17, 15) is 0 Å². The average molecular weight is 223 g/mol. The van der Waals surface area contributed by atoms with Gasteiger partial charge in [0.1, 0.15) is 10.8 Å². The quantitative estimate of drug-likeness (QED) is 0.810. The molecule has 0 spiro atoms. The highest BCUT2D eigenvalue weighted by molar-refractivity contribution is 7.10. The van der Waals surface area contributed by atoms with Crippen molar-refractivity contribution in [2.75, 3.05) is 11.1 Å². The number of nitrogen functional groups attached to an aromatic ring is 1. The third-order valence-corrected chi connectivity index (χ3v) is 4.91. The van der Waals surface area contributed by atoms with Crippen LogP contribution in [0.5, 0.6) is 0 Å². The van der Waals surface area contributed by atoms with Crippen LogP contribution in [0.1, 0.15) is 31.2 Å². The van der Waals surface area contributed by atoms with Crippen LogP contribution >= 0.6 is 11.5 Å². The van der Waals surface area contributed by atoms with Crippen LogP contribution < -0.4 is 11.1 Å². The summed E-state index contributed by atoms with van der Waals surface area (Å²) in [7, 11) is 0. The molecule has 82 valence electrons. The fourth-order valence-corrected chi connectivity index (χ4v) is 3.84. The van der Waals surface area contributed by atoms with E-state index in [1.807, 2.05) is 6.92 Å². The Hall–Kier alpha value is -0.770. The second-order valence-electron chi connectivity index (χ2n) is 4.95. The van der Waals surface area contributed by atoms with Crippen molar-refractivity contribution in [2.45, 2.75) is 38.6 Å². The Morgan fingerprint density at radius 3 is 2.80 bits per heavy atom. The predicted octanol–water partition coefficient (Wildman–Crippen LogP) is 2.63. The molecule has 2 fully saturated rings. The molecule has 3 nitrogen and oxygen atoms in total. The van der Waals surface area contributed by atoms with Crippen LogP contribution in [0.25, 0.3) is 0 Å². The molecular formula is C11H17N3S. The third-order valence-electron chi connectivity index (χ3n) is 4.01. The van der Waals surface area contributed by atoms with Crippen LogP contribution in [-0.4, -0.2) is 10.4 Å². The molecule has 3 rings (SSSR count). The van der Waals surface area contributed by atoms with Gasteiger partial charge in [0.05, 0.1) is 0 Å². The fraction of sp³-hybridized carbons (Fsp3) is 0.727. The van der Waals surface area contributed by atoms with Gasteiger partial charge < -0.3 is 11.1 Å². The lowest BCUT2D eigenvalue weighted by Crippen LogP contribution is -2.25. The number of fused-ring (bicyclic) bond motifs is 2. The fourth-order valence-electron chi connectivity index (χ4n) is 3.07. The number of rotatable bonds is 2. The Kier molecular flexibility index (Phi) is 2.12. The first-order valence-electron chi connectivity index (χ1n) is 5.72. The smallest absolute Gasteiger partial charge is 0.142 e. The Morgan fingerprint density at radius 1 is 1.40 bits per heavy atom. The minimum absolute atomic E-state index is 0.683. The van der Waals surface area contributed by atoms with E-state index in [4.69, 9.17) is 5.73 Å². The lowest BCUT2D eigenvalue weighted by Gasteiger charge is -2.23. The lowest BCUT2D eigenvalue weighted by atomic mass is 9.95. The molecule has 2 saturated carbocycles. The van der Waals surface area contributed by atoms with E-state index in [0.717, 1.165) is 17.4 Å². The van der Waals surface area contributed by atoms with Crippen molar-refractivity contribution >= 4 is 22.4 Å². The second-order valence-corrected chi connectivity index (χ2v) is 5.72. The molecule has 15 heavy (non-hydrogen) atoms. The van der Waals surface area contributed by atoms with Gasteiger partial charge in [-0.3, -0.25) is 0 Å². The monoisotopic (exact) mass is 223 g/mol. The summed E-state index contributed by atoms with van der Waals surface area (Å²) in [5.74, 6) is 2.57. The number of aromatic nitrogens is 1. The molecule has 4 heteroatoms. The van der Waals surface area contributed by atoms with Gasteiger partial charge in [-0.1, -0.05) is 6.42 Å². The van der Waals surface area contributed by atoms with Gasteiger partial charge in [-0.15, -0.1) is 0 Å². The summed E-state index contributed by atoms with van der Waals surface area (Å²) in [6.07, 6.45) is 5.65. The van der Waals surface area contributed by atoms with Gasteiger partial charge >= 0.3 is 0 Å². The molecule has 0 aliphatic heterocycles. The van der Waals surface area contributed by atoms with E-state index in [-0.39, 0.29) is 0 Å². The van der Waals surface area contributed by atoms with E-state index < -0.39 is 0 Å². The van der Waals surface area contributed by atoms with Crippen LogP contribution in [0.4, 0.5) is 10.8 Å². The van der Waals surface area contributed by atoms with Crippen LogP contribution in [0.2, 0.25) is 0 Å². The number of nitrogens with zero attached hydrogens (tertiary/aromatic N) is 1. The Bertz CT molecular complexity index is 374. The minimum Gasteiger partial charge on any atom is -0.383 e. The summed E-state index contributed by atoms with van der Waals surface area (Å²) in [6.45, 7) is 2.05. The molecule has 3 unspecified atom stereocenters. The normalized spacial score (nSPS) is 33.5. The SMILES string of the molecule is Cc1c(N)nsc1NC1CC2CCC1C2. The topological polar surface area (TPSA) is 50.9 Å². The zero-order chi connectivity index (χ0) is 10.4. The standard InChI is InChI=1S/C11H17N3S/c1-6-10(12)14-15-11(6)13-9-5-7-2-3-8(9)4-7/h7-9,13H,2-5H2,1H3,(H2,12,14). The van der Waals surface area contributed by atoms with Crippen LogP contribution in [0.15, 0.2) is 0 Å². The maximum absolute atomic E-state index is 5.75. The maximum atomic E-state index is 5.75. The van der Waals surface area contributed by atoms with Gasteiger partial charge in [0.2, 0.25) is 0 Å². The zero-order valence-electron chi connectivity index (χ0n) is 8.99. The first-order chi connectivity index (χ1) is 7.24. The Balaban J connectivity index is 1.73. The van der Waals surface area contributed by atoms with E-state index in [1.54, 1.807) is 0 Å². The average Bonchev–Trinajstić information content (AvgIpc) is 2.89. The Morgan fingerprint density at radius 2 is 2.27 bits per heavy atom. The van der Waals surface area contributed by atoms with Crippen molar-refractivity contribution in [3.05, 3.63) is 5.56 Å². The van der Waals surface area contributed by atoms with Crippen LogP contribution in [0, 0.1) is 18.8 Å². The third kappa shape index (κ3) is 1.51. The van der Waals surface area contributed by atoms with Crippen molar-refractivity contribution < 1.29 is 0 Å². The predicted molar refractivity (Wildman–Crippen MR) is 64.1 cm³/mol. The second kappa shape index (κ2) is 3.37. The molecule has 2 aliphatic carbocycles. The minimum atomic E-state index is 0.683. The molecule has 3 atom stereocenters. The van der Waals surface area contributed by atoms with E-state index in [2.05, 4.69) is 9.69 Å². The highest BCUT2D eigenvalue weighted by Crippen LogP contribution is 2.46. The van der Waals surface area contributed by atoms with Gasteiger partial charge in [-0.2, -0.15) is 4.37 Å². The molecule has 2 bridgehead atoms. The molecule has 2 aliphatic rings. The van der Waals surface area contributed by atoms with Gasteiger partial charge in [0, 0.05) is 11.6 Å².